The first-order valence-corrected chi connectivity index (χ1v) is 6.64. The molecule has 3 heteroatoms. The van der Waals surface area contributed by atoms with Crippen molar-refractivity contribution in [1.29, 1.82) is 0 Å². The van der Waals surface area contributed by atoms with Gasteiger partial charge in [0, 0.05) is 18.7 Å². The molecule has 0 fully saturated rings. The zero-order chi connectivity index (χ0) is 13.8. The van der Waals surface area contributed by atoms with Crippen LogP contribution in [0.25, 0.3) is 10.8 Å². The summed E-state index contributed by atoms with van der Waals surface area (Å²) in [7, 11) is 4.13. The smallest absolute Gasteiger partial charge is 0.124 e. The molecule has 0 bridgehead atoms. The molecule has 0 amide bonds. The summed E-state index contributed by atoms with van der Waals surface area (Å²) in [6, 6.07) is 12.6. The summed E-state index contributed by atoms with van der Waals surface area (Å²) in [6.45, 7) is 3.37. The van der Waals surface area contributed by atoms with Crippen molar-refractivity contribution in [3.63, 3.8) is 0 Å². The monoisotopic (exact) mass is 258 g/mol. The van der Waals surface area contributed by atoms with Crippen LogP contribution in [0.3, 0.4) is 0 Å². The fraction of sp³-hybridized carbons (Fsp3) is 0.375. The summed E-state index contributed by atoms with van der Waals surface area (Å²) in [4.78, 5) is 2.15. The lowest BCUT2D eigenvalue weighted by Crippen LogP contribution is -2.24. The van der Waals surface area contributed by atoms with Gasteiger partial charge in [-0.25, -0.2) is 0 Å². The van der Waals surface area contributed by atoms with Crippen LogP contribution in [0.4, 0.5) is 0 Å². The molecule has 0 aliphatic rings. The minimum absolute atomic E-state index is 0.0297. The Hall–Kier alpha value is -1.58. The summed E-state index contributed by atoms with van der Waals surface area (Å²) in [5.74, 6) is 0.936. The van der Waals surface area contributed by atoms with Crippen molar-refractivity contribution in [3.05, 3.63) is 42.0 Å². The molecule has 0 radical (unpaired) electrons. The first kappa shape index (κ1) is 13.8. The summed E-state index contributed by atoms with van der Waals surface area (Å²) in [5, 5.41) is 2.49. The lowest BCUT2D eigenvalue weighted by Gasteiger charge is -2.20. The first-order chi connectivity index (χ1) is 9.11. The third-order valence-corrected chi connectivity index (χ3v) is 3.13. The van der Waals surface area contributed by atoms with Crippen molar-refractivity contribution < 1.29 is 4.74 Å². The average Bonchev–Trinajstić information content (AvgIpc) is 2.40. The van der Waals surface area contributed by atoms with E-state index in [-0.39, 0.29) is 6.10 Å². The summed E-state index contributed by atoms with van der Waals surface area (Å²) in [6.07, 6.45) is 0.0297. The van der Waals surface area contributed by atoms with Gasteiger partial charge in [-0.05, 0) is 37.9 Å². The fourth-order valence-corrected chi connectivity index (χ4v) is 2.17. The predicted octanol–water partition coefficient (Wildman–Crippen LogP) is 2.63. The molecule has 0 aliphatic carbocycles. The molecule has 19 heavy (non-hydrogen) atoms. The molecular formula is C16H22N2O. The molecule has 0 saturated heterocycles. The molecule has 2 aromatic rings. The Morgan fingerprint density at radius 3 is 2.58 bits per heavy atom. The Balaban J connectivity index is 2.49. The van der Waals surface area contributed by atoms with E-state index in [4.69, 9.17) is 10.5 Å². The Labute approximate surface area is 115 Å². The van der Waals surface area contributed by atoms with Gasteiger partial charge < -0.3 is 15.4 Å². The molecule has 2 rings (SSSR count). The van der Waals surface area contributed by atoms with Crippen LogP contribution in [0.15, 0.2) is 36.4 Å². The molecule has 0 aliphatic heterocycles. The molecule has 0 saturated carbocycles. The number of nitrogens with zero attached hydrogens (tertiary/aromatic N) is 1. The second-order valence-corrected chi connectivity index (χ2v) is 5.17. The lowest BCUT2D eigenvalue weighted by atomic mass is 10.0. The minimum atomic E-state index is 0.0297. The summed E-state index contributed by atoms with van der Waals surface area (Å²) in [5.41, 5.74) is 6.87. The van der Waals surface area contributed by atoms with Gasteiger partial charge in [-0.2, -0.15) is 0 Å². The van der Waals surface area contributed by atoms with E-state index in [1.165, 1.54) is 16.3 Å². The average molecular weight is 258 g/mol. The summed E-state index contributed by atoms with van der Waals surface area (Å²) < 4.78 is 5.95. The van der Waals surface area contributed by atoms with Crippen molar-refractivity contribution in [2.24, 2.45) is 5.73 Å². The number of fused-ring (bicyclic) bond motifs is 1. The predicted molar refractivity (Wildman–Crippen MR) is 80.5 cm³/mol. The van der Waals surface area contributed by atoms with Gasteiger partial charge in [-0.3, -0.25) is 0 Å². The molecule has 2 N–H and O–H groups in total. The minimum Gasteiger partial charge on any atom is -0.489 e. The van der Waals surface area contributed by atoms with Crippen molar-refractivity contribution in [2.45, 2.75) is 19.6 Å². The van der Waals surface area contributed by atoms with Crippen LogP contribution in [0.5, 0.6) is 5.75 Å². The number of hydrogen-bond acceptors (Lipinski definition) is 3. The van der Waals surface area contributed by atoms with E-state index in [0.29, 0.717) is 6.54 Å². The van der Waals surface area contributed by atoms with Crippen LogP contribution in [0.2, 0.25) is 0 Å². The first-order valence-electron chi connectivity index (χ1n) is 6.64. The Morgan fingerprint density at radius 1 is 1.16 bits per heavy atom. The van der Waals surface area contributed by atoms with Gasteiger partial charge in [0.05, 0.1) is 0 Å². The van der Waals surface area contributed by atoms with Crippen molar-refractivity contribution in [1.82, 2.24) is 4.90 Å². The maximum atomic E-state index is 5.95. The molecule has 1 unspecified atom stereocenters. The molecule has 0 heterocycles. The molecule has 0 spiro atoms. The zero-order valence-electron chi connectivity index (χ0n) is 11.9. The third-order valence-electron chi connectivity index (χ3n) is 3.13. The van der Waals surface area contributed by atoms with E-state index < -0.39 is 0 Å². The normalized spacial score (nSPS) is 12.9. The van der Waals surface area contributed by atoms with E-state index in [0.717, 1.165) is 12.3 Å². The van der Waals surface area contributed by atoms with Gasteiger partial charge in [0.25, 0.3) is 0 Å². The zero-order valence-corrected chi connectivity index (χ0v) is 11.9. The second kappa shape index (κ2) is 6.04. The molecule has 102 valence electrons. The number of ether oxygens (including phenoxy) is 1. The van der Waals surface area contributed by atoms with Crippen molar-refractivity contribution >= 4 is 10.8 Å². The van der Waals surface area contributed by atoms with E-state index >= 15 is 0 Å². The second-order valence-electron chi connectivity index (χ2n) is 5.17. The highest BCUT2D eigenvalue weighted by Gasteiger charge is 2.11. The van der Waals surface area contributed by atoms with Crippen LogP contribution in [-0.4, -0.2) is 31.6 Å². The van der Waals surface area contributed by atoms with Crippen LogP contribution < -0.4 is 10.5 Å². The highest BCUT2D eigenvalue weighted by Crippen LogP contribution is 2.29. The van der Waals surface area contributed by atoms with Gasteiger partial charge >= 0.3 is 0 Å². The Bertz CT molecular complexity index is 551. The van der Waals surface area contributed by atoms with E-state index in [1.807, 2.05) is 13.0 Å². The Morgan fingerprint density at radius 2 is 1.89 bits per heavy atom. The van der Waals surface area contributed by atoms with Crippen LogP contribution in [0, 0.1) is 0 Å². The van der Waals surface area contributed by atoms with Crippen LogP contribution in [-0.2, 0) is 6.54 Å². The van der Waals surface area contributed by atoms with Crippen molar-refractivity contribution in [3.8, 4) is 5.75 Å². The number of nitrogens with two attached hydrogens (primary N) is 1. The van der Waals surface area contributed by atoms with Gasteiger partial charge in [0.1, 0.15) is 11.9 Å². The summed E-state index contributed by atoms with van der Waals surface area (Å²) >= 11 is 0. The third kappa shape index (κ3) is 3.25. The Kier molecular flexibility index (Phi) is 4.40. The topological polar surface area (TPSA) is 38.5 Å². The highest BCUT2D eigenvalue weighted by molar-refractivity contribution is 5.87. The fourth-order valence-electron chi connectivity index (χ4n) is 2.17. The van der Waals surface area contributed by atoms with Crippen LogP contribution >= 0.6 is 0 Å². The maximum absolute atomic E-state index is 5.95. The molecule has 3 nitrogen and oxygen atoms in total. The lowest BCUT2D eigenvalue weighted by molar-refractivity contribution is 0.225. The molecule has 0 aromatic heterocycles. The number of hydrogen-bond donors (Lipinski definition) is 1. The van der Waals surface area contributed by atoms with Crippen molar-refractivity contribution in [2.75, 3.05) is 20.6 Å². The maximum Gasteiger partial charge on any atom is 0.124 e. The number of benzene rings is 2. The van der Waals surface area contributed by atoms with Gasteiger partial charge in [0.15, 0.2) is 0 Å². The van der Waals surface area contributed by atoms with E-state index in [2.05, 4.69) is 49.3 Å². The number of rotatable bonds is 5. The standard InChI is InChI=1S/C16H22N2O/c1-12(10-17)19-16-9-8-13-6-4-5-7-14(13)15(16)11-18(2)3/h4-9,12H,10-11,17H2,1-3H3. The molecular weight excluding hydrogens is 236 g/mol. The largest absolute Gasteiger partial charge is 0.489 e. The highest BCUT2D eigenvalue weighted by atomic mass is 16.5. The quantitative estimate of drug-likeness (QED) is 0.896. The SMILES string of the molecule is CC(CN)Oc1ccc2ccccc2c1CN(C)C. The molecule has 2 aromatic carbocycles. The van der Waals surface area contributed by atoms with Gasteiger partial charge in [-0.15, -0.1) is 0 Å². The van der Waals surface area contributed by atoms with E-state index in [9.17, 15) is 0 Å². The van der Waals surface area contributed by atoms with Gasteiger partial charge in [0.2, 0.25) is 0 Å². The van der Waals surface area contributed by atoms with E-state index in [1.54, 1.807) is 0 Å². The van der Waals surface area contributed by atoms with Gasteiger partial charge in [-0.1, -0.05) is 30.3 Å². The molecule has 1 atom stereocenters. The van der Waals surface area contributed by atoms with Crippen LogP contribution in [0.1, 0.15) is 12.5 Å².